The Morgan fingerprint density at radius 2 is 1.88 bits per heavy atom. The number of aromatic nitrogens is 1. The van der Waals surface area contributed by atoms with E-state index in [0.717, 1.165) is 32.3 Å². The highest BCUT2D eigenvalue weighted by Crippen LogP contribution is 2.43. The lowest BCUT2D eigenvalue weighted by atomic mass is 9.70. The quantitative estimate of drug-likeness (QED) is 0.253. The third-order valence-corrected chi connectivity index (χ3v) is 7.75. The zero-order valence-electron chi connectivity index (χ0n) is 20.0. The van der Waals surface area contributed by atoms with Crippen molar-refractivity contribution in [1.82, 2.24) is 4.98 Å². The summed E-state index contributed by atoms with van der Waals surface area (Å²) in [7, 11) is 0. The van der Waals surface area contributed by atoms with Gasteiger partial charge in [-0.2, -0.15) is 0 Å². The monoisotopic (exact) mass is 485 g/mol. The molecule has 1 aliphatic rings. The van der Waals surface area contributed by atoms with Gasteiger partial charge in [-0.1, -0.05) is 61.5 Å². The number of thioether (sulfide) groups is 1. The van der Waals surface area contributed by atoms with Gasteiger partial charge in [-0.25, -0.2) is 4.98 Å². The number of para-hydroxylation sites is 1. The first-order valence-electron chi connectivity index (χ1n) is 11.0. The first kappa shape index (κ1) is 25.2. The molecule has 1 aromatic carbocycles. The van der Waals surface area contributed by atoms with Crippen molar-refractivity contribution in [3.8, 4) is 0 Å². The zero-order valence-corrected chi connectivity index (χ0v) is 21.6. The van der Waals surface area contributed by atoms with E-state index in [1.54, 1.807) is 23.1 Å². The summed E-state index contributed by atoms with van der Waals surface area (Å²) in [6, 6.07) is 8.18. The molecular formula is C26H31NO4S2. The summed E-state index contributed by atoms with van der Waals surface area (Å²) in [4.78, 5) is 28.0. The first-order chi connectivity index (χ1) is 15.6. The Hall–Kier alpha value is -2.38. The minimum Gasteiger partial charge on any atom is -0.458 e. The second-order valence-corrected chi connectivity index (χ2v) is 11.2. The molecule has 2 unspecified atom stereocenters. The molecule has 1 aromatic heterocycles. The van der Waals surface area contributed by atoms with Crippen molar-refractivity contribution in [3.05, 3.63) is 59.2 Å². The van der Waals surface area contributed by atoms with E-state index in [4.69, 9.17) is 9.47 Å². The number of hydrogen-bond donors (Lipinski definition) is 0. The predicted octanol–water partition coefficient (Wildman–Crippen LogP) is 6.50. The van der Waals surface area contributed by atoms with Gasteiger partial charge < -0.3 is 9.47 Å². The molecule has 0 saturated carbocycles. The SMILES string of the molecule is CC(=O)OC1CC(C)(C)C(/C=C/C(C)=C\CSc2nc3ccccc3s2)=C(C)C1OC(C)=O. The van der Waals surface area contributed by atoms with Crippen molar-refractivity contribution in [2.45, 2.75) is 64.5 Å². The number of hydrogen-bond acceptors (Lipinski definition) is 7. The summed E-state index contributed by atoms with van der Waals surface area (Å²) in [5.41, 5.74) is 3.98. The molecular weight excluding hydrogens is 454 g/mol. The van der Waals surface area contributed by atoms with Crippen LogP contribution in [-0.2, 0) is 19.1 Å². The van der Waals surface area contributed by atoms with Crippen molar-refractivity contribution >= 4 is 45.3 Å². The molecule has 0 bridgehead atoms. The maximum atomic E-state index is 11.7. The topological polar surface area (TPSA) is 65.5 Å². The molecule has 1 heterocycles. The molecule has 3 rings (SSSR count). The van der Waals surface area contributed by atoms with Crippen molar-refractivity contribution in [3.63, 3.8) is 0 Å². The summed E-state index contributed by atoms with van der Waals surface area (Å²) in [6.07, 6.45) is 5.90. The van der Waals surface area contributed by atoms with E-state index in [1.165, 1.54) is 18.5 Å². The van der Waals surface area contributed by atoms with Crippen LogP contribution >= 0.6 is 23.1 Å². The van der Waals surface area contributed by atoms with Gasteiger partial charge in [0.1, 0.15) is 6.10 Å². The lowest BCUT2D eigenvalue weighted by molar-refractivity contribution is -0.165. The van der Waals surface area contributed by atoms with Crippen molar-refractivity contribution < 1.29 is 19.1 Å². The van der Waals surface area contributed by atoms with Crippen LogP contribution < -0.4 is 0 Å². The molecule has 0 radical (unpaired) electrons. The lowest BCUT2D eigenvalue weighted by Gasteiger charge is -2.41. The predicted molar refractivity (Wildman–Crippen MR) is 135 cm³/mol. The molecule has 1 aliphatic carbocycles. The van der Waals surface area contributed by atoms with Crippen LogP contribution in [0.15, 0.2) is 63.6 Å². The van der Waals surface area contributed by atoms with Gasteiger partial charge >= 0.3 is 11.9 Å². The van der Waals surface area contributed by atoms with Crippen LogP contribution in [0.4, 0.5) is 0 Å². The van der Waals surface area contributed by atoms with Gasteiger partial charge in [0.25, 0.3) is 0 Å². The number of benzene rings is 1. The second kappa shape index (κ2) is 10.7. The number of allylic oxidation sites excluding steroid dienone is 4. The Kier molecular flexibility index (Phi) is 8.19. The van der Waals surface area contributed by atoms with E-state index >= 15 is 0 Å². The highest BCUT2D eigenvalue weighted by atomic mass is 32.2. The molecule has 176 valence electrons. The smallest absolute Gasteiger partial charge is 0.303 e. The maximum absolute atomic E-state index is 11.7. The Bertz CT molecular complexity index is 1090. The minimum atomic E-state index is -0.571. The van der Waals surface area contributed by atoms with Crippen LogP contribution in [0.25, 0.3) is 10.2 Å². The summed E-state index contributed by atoms with van der Waals surface area (Å²) in [6.45, 7) is 11.0. The molecule has 0 spiro atoms. The third kappa shape index (κ3) is 6.58. The average Bonchev–Trinajstić information content (AvgIpc) is 3.12. The summed E-state index contributed by atoms with van der Waals surface area (Å²) in [5, 5.41) is 0. The van der Waals surface area contributed by atoms with E-state index < -0.39 is 12.2 Å². The molecule has 0 fully saturated rings. The second-order valence-electron chi connectivity index (χ2n) is 8.90. The van der Waals surface area contributed by atoms with Gasteiger partial charge in [0.15, 0.2) is 10.4 Å². The summed E-state index contributed by atoms with van der Waals surface area (Å²) < 4.78 is 13.3. The largest absolute Gasteiger partial charge is 0.458 e. The van der Waals surface area contributed by atoms with E-state index in [9.17, 15) is 9.59 Å². The first-order valence-corrected chi connectivity index (χ1v) is 12.8. The van der Waals surface area contributed by atoms with Gasteiger partial charge in [-0.05, 0) is 49.0 Å². The maximum Gasteiger partial charge on any atom is 0.303 e. The van der Waals surface area contributed by atoms with Gasteiger partial charge in [-0.15, -0.1) is 11.3 Å². The van der Waals surface area contributed by atoms with Crippen LogP contribution in [-0.4, -0.2) is 34.9 Å². The fourth-order valence-electron chi connectivity index (χ4n) is 4.14. The highest BCUT2D eigenvalue weighted by Gasteiger charge is 2.42. The molecule has 2 aromatic rings. The number of ether oxygens (including phenoxy) is 2. The lowest BCUT2D eigenvalue weighted by Crippen LogP contribution is -2.43. The van der Waals surface area contributed by atoms with E-state index in [1.807, 2.05) is 25.1 Å². The molecule has 7 heteroatoms. The van der Waals surface area contributed by atoms with Crippen molar-refractivity contribution in [2.24, 2.45) is 5.41 Å². The minimum absolute atomic E-state index is 0.229. The molecule has 0 amide bonds. The summed E-state index contributed by atoms with van der Waals surface area (Å²) in [5.74, 6) is 0.0776. The summed E-state index contributed by atoms with van der Waals surface area (Å²) >= 11 is 3.44. The number of carbonyl (C=O) groups excluding carboxylic acids is 2. The van der Waals surface area contributed by atoms with Crippen LogP contribution in [0.1, 0.15) is 48.0 Å². The van der Waals surface area contributed by atoms with Crippen LogP contribution in [0.3, 0.4) is 0 Å². The fourth-order valence-corrected chi connectivity index (χ4v) is 6.20. The molecule has 33 heavy (non-hydrogen) atoms. The van der Waals surface area contributed by atoms with E-state index in [0.29, 0.717) is 6.42 Å². The number of carbonyl (C=O) groups is 2. The van der Waals surface area contributed by atoms with Gasteiger partial charge in [0.05, 0.1) is 10.2 Å². The standard InChI is InChI=1S/C26H31NO4S2/c1-16(13-14-32-25-27-21-9-7-8-10-23(21)33-25)11-12-20-17(2)24(31-19(4)29)22(30-18(3)28)15-26(20,5)6/h7-13,22,24H,14-15H2,1-6H3/b12-11+,16-13-. The molecule has 5 nitrogen and oxygen atoms in total. The zero-order chi connectivity index (χ0) is 24.2. The molecule has 2 atom stereocenters. The van der Waals surface area contributed by atoms with Crippen LogP contribution in [0.5, 0.6) is 0 Å². The Labute approximate surface area is 204 Å². The normalized spacial score (nSPS) is 21.0. The van der Waals surface area contributed by atoms with E-state index in [2.05, 4.69) is 50.0 Å². The van der Waals surface area contributed by atoms with Gasteiger partial charge in [-0.3, -0.25) is 9.59 Å². The molecule has 0 N–H and O–H groups in total. The number of nitrogens with zero attached hydrogens (tertiary/aromatic N) is 1. The van der Waals surface area contributed by atoms with Gasteiger partial charge in [0.2, 0.25) is 0 Å². The number of fused-ring (bicyclic) bond motifs is 1. The Morgan fingerprint density at radius 1 is 1.18 bits per heavy atom. The molecule has 0 aliphatic heterocycles. The third-order valence-electron chi connectivity index (χ3n) is 5.64. The van der Waals surface area contributed by atoms with Crippen LogP contribution in [0, 0.1) is 5.41 Å². The van der Waals surface area contributed by atoms with E-state index in [-0.39, 0.29) is 17.4 Å². The average molecular weight is 486 g/mol. The van der Waals surface area contributed by atoms with Crippen molar-refractivity contribution in [1.29, 1.82) is 0 Å². The fraction of sp³-hybridized carbons (Fsp3) is 0.423. The van der Waals surface area contributed by atoms with Crippen molar-refractivity contribution in [2.75, 3.05) is 5.75 Å². The number of esters is 2. The van der Waals surface area contributed by atoms with Gasteiger partial charge in [0, 0.05) is 19.6 Å². The molecule has 0 saturated heterocycles. The highest BCUT2D eigenvalue weighted by molar-refractivity contribution is 8.01. The van der Waals surface area contributed by atoms with Crippen LogP contribution in [0.2, 0.25) is 0 Å². The Balaban J connectivity index is 1.74. The number of rotatable bonds is 7. The number of thiazole rings is 1. The Morgan fingerprint density at radius 3 is 2.55 bits per heavy atom.